The first kappa shape index (κ1) is 8.13. The lowest BCUT2D eigenvalue weighted by atomic mass is 10.2. The maximum atomic E-state index is 9.29. The lowest BCUT2D eigenvalue weighted by molar-refractivity contribution is 0.476. The van der Waals surface area contributed by atoms with Gasteiger partial charge in [-0.1, -0.05) is 0 Å². The molecule has 0 spiro atoms. The van der Waals surface area contributed by atoms with Crippen molar-refractivity contribution >= 4 is 10.9 Å². The maximum Gasteiger partial charge on any atom is 0.117 e. The molecule has 2 aromatic rings. The molecule has 0 bridgehead atoms. The third kappa shape index (κ3) is 1.17. The van der Waals surface area contributed by atoms with Crippen molar-refractivity contribution in [2.75, 3.05) is 0 Å². The second kappa shape index (κ2) is 2.78. The first-order valence-corrected chi connectivity index (χ1v) is 4.20. The highest BCUT2D eigenvalue weighted by Gasteiger charge is 2.03. The van der Waals surface area contributed by atoms with Gasteiger partial charge in [-0.05, 0) is 18.2 Å². The highest BCUT2D eigenvalue weighted by Crippen LogP contribution is 2.22. The Labute approximate surface area is 76.4 Å². The summed E-state index contributed by atoms with van der Waals surface area (Å²) in [6.45, 7) is 0.520. The van der Waals surface area contributed by atoms with Crippen LogP contribution in [0.3, 0.4) is 0 Å². The van der Waals surface area contributed by atoms with Crippen LogP contribution in [-0.2, 0) is 13.6 Å². The van der Waals surface area contributed by atoms with Crippen molar-refractivity contribution in [2.45, 2.75) is 6.54 Å². The Morgan fingerprint density at radius 2 is 2.15 bits per heavy atom. The SMILES string of the molecule is Cn1c(CN)cc2ccc(O)cc21. The van der Waals surface area contributed by atoms with Crippen LogP contribution < -0.4 is 5.73 Å². The molecule has 3 nitrogen and oxygen atoms in total. The number of fused-ring (bicyclic) bond motifs is 1. The predicted octanol–water partition coefficient (Wildman–Crippen LogP) is 1.34. The van der Waals surface area contributed by atoms with Gasteiger partial charge < -0.3 is 15.4 Å². The van der Waals surface area contributed by atoms with E-state index in [2.05, 4.69) is 0 Å². The van der Waals surface area contributed by atoms with Crippen LogP contribution in [-0.4, -0.2) is 9.67 Å². The van der Waals surface area contributed by atoms with E-state index >= 15 is 0 Å². The number of aromatic nitrogens is 1. The number of aryl methyl sites for hydroxylation is 1. The molecule has 13 heavy (non-hydrogen) atoms. The van der Waals surface area contributed by atoms with E-state index in [0.717, 1.165) is 16.6 Å². The van der Waals surface area contributed by atoms with Crippen LogP contribution in [0.15, 0.2) is 24.3 Å². The smallest absolute Gasteiger partial charge is 0.117 e. The minimum Gasteiger partial charge on any atom is -0.508 e. The third-order valence-corrected chi connectivity index (χ3v) is 2.34. The van der Waals surface area contributed by atoms with Crippen LogP contribution in [0.1, 0.15) is 5.69 Å². The van der Waals surface area contributed by atoms with Crippen LogP contribution in [0.2, 0.25) is 0 Å². The molecular formula is C10H12N2O. The van der Waals surface area contributed by atoms with Crippen LogP contribution in [0.25, 0.3) is 10.9 Å². The van der Waals surface area contributed by atoms with Crippen molar-refractivity contribution in [2.24, 2.45) is 12.8 Å². The number of phenolic OH excluding ortho intramolecular Hbond substituents is 1. The van der Waals surface area contributed by atoms with Crippen LogP contribution >= 0.6 is 0 Å². The number of hydrogen-bond acceptors (Lipinski definition) is 2. The molecule has 0 radical (unpaired) electrons. The van der Waals surface area contributed by atoms with Gasteiger partial charge in [-0.2, -0.15) is 0 Å². The third-order valence-electron chi connectivity index (χ3n) is 2.34. The van der Waals surface area contributed by atoms with Crippen molar-refractivity contribution in [3.8, 4) is 5.75 Å². The van der Waals surface area contributed by atoms with Gasteiger partial charge in [-0.3, -0.25) is 0 Å². The van der Waals surface area contributed by atoms with E-state index in [4.69, 9.17) is 5.73 Å². The van der Waals surface area contributed by atoms with Gasteiger partial charge in [0.1, 0.15) is 5.75 Å². The molecule has 0 fully saturated rings. The van der Waals surface area contributed by atoms with Gasteiger partial charge in [0.05, 0.1) is 5.52 Å². The van der Waals surface area contributed by atoms with Gasteiger partial charge >= 0.3 is 0 Å². The Morgan fingerprint density at radius 1 is 1.38 bits per heavy atom. The van der Waals surface area contributed by atoms with E-state index in [1.807, 2.05) is 23.7 Å². The lowest BCUT2D eigenvalue weighted by Crippen LogP contribution is -2.02. The highest BCUT2D eigenvalue weighted by molar-refractivity contribution is 5.82. The van der Waals surface area contributed by atoms with Gasteiger partial charge in [0.25, 0.3) is 0 Å². The quantitative estimate of drug-likeness (QED) is 0.689. The molecule has 1 heterocycles. The monoisotopic (exact) mass is 176 g/mol. The van der Waals surface area contributed by atoms with Gasteiger partial charge in [0, 0.05) is 30.7 Å². The number of rotatable bonds is 1. The topological polar surface area (TPSA) is 51.2 Å². The summed E-state index contributed by atoms with van der Waals surface area (Å²) in [6, 6.07) is 7.36. The zero-order valence-electron chi connectivity index (χ0n) is 7.49. The zero-order valence-corrected chi connectivity index (χ0v) is 7.49. The predicted molar refractivity (Wildman–Crippen MR) is 52.5 cm³/mol. The summed E-state index contributed by atoms with van der Waals surface area (Å²) in [5.74, 6) is 0.289. The minimum atomic E-state index is 0.289. The molecule has 3 N–H and O–H groups in total. The second-order valence-electron chi connectivity index (χ2n) is 3.14. The molecule has 0 aliphatic heterocycles. The molecule has 0 saturated heterocycles. The number of nitrogens with zero attached hydrogens (tertiary/aromatic N) is 1. The first-order chi connectivity index (χ1) is 6.22. The minimum absolute atomic E-state index is 0.289. The summed E-state index contributed by atoms with van der Waals surface area (Å²) in [6.07, 6.45) is 0. The van der Waals surface area contributed by atoms with Gasteiger partial charge in [0.15, 0.2) is 0 Å². The Kier molecular flexibility index (Phi) is 1.74. The van der Waals surface area contributed by atoms with Gasteiger partial charge in [0.2, 0.25) is 0 Å². The van der Waals surface area contributed by atoms with Gasteiger partial charge in [-0.25, -0.2) is 0 Å². The molecule has 1 aromatic heterocycles. The summed E-state index contributed by atoms with van der Waals surface area (Å²) in [4.78, 5) is 0. The van der Waals surface area contributed by atoms with E-state index in [1.54, 1.807) is 12.1 Å². The van der Waals surface area contributed by atoms with Crippen LogP contribution in [0.4, 0.5) is 0 Å². The average molecular weight is 176 g/mol. The fourth-order valence-electron chi connectivity index (χ4n) is 1.57. The number of phenols is 1. The molecule has 3 heteroatoms. The molecule has 2 rings (SSSR count). The molecule has 0 atom stereocenters. The summed E-state index contributed by atoms with van der Waals surface area (Å²) in [5, 5.41) is 10.4. The molecule has 0 unspecified atom stereocenters. The summed E-state index contributed by atoms with van der Waals surface area (Å²) in [5.41, 5.74) is 7.65. The Balaban J connectivity index is 2.77. The fraction of sp³-hybridized carbons (Fsp3) is 0.200. The number of benzene rings is 1. The molecule has 0 aliphatic rings. The Bertz CT molecular complexity index is 445. The molecule has 0 amide bonds. The van der Waals surface area contributed by atoms with Crippen LogP contribution in [0, 0.1) is 0 Å². The zero-order chi connectivity index (χ0) is 9.42. The van der Waals surface area contributed by atoms with Crippen molar-refractivity contribution in [3.05, 3.63) is 30.0 Å². The van der Waals surface area contributed by atoms with Crippen molar-refractivity contribution in [3.63, 3.8) is 0 Å². The van der Waals surface area contributed by atoms with Gasteiger partial charge in [-0.15, -0.1) is 0 Å². The standard InChI is InChI=1S/C10H12N2O/c1-12-8(6-11)4-7-2-3-9(13)5-10(7)12/h2-5,13H,6,11H2,1H3. The highest BCUT2D eigenvalue weighted by atomic mass is 16.3. The fourth-order valence-corrected chi connectivity index (χ4v) is 1.57. The average Bonchev–Trinajstić information content (AvgIpc) is 2.44. The normalized spacial score (nSPS) is 10.9. The van der Waals surface area contributed by atoms with Crippen molar-refractivity contribution < 1.29 is 5.11 Å². The van der Waals surface area contributed by atoms with E-state index in [1.165, 1.54) is 0 Å². The van der Waals surface area contributed by atoms with E-state index in [0.29, 0.717) is 6.54 Å². The number of aromatic hydroxyl groups is 1. The summed E-state index contributed by atoms with van der Waals surface area (Å²) < 4.78 is 2.00. The lowest BCUT2D eigenvalue weighted by Gasteiger charge is -2.00. The Hall–Kier alpha value is -1.48. The molecule has 68 valence electrons. The van der Waals surface area contributed by atoms with Crippen molar-refractivity contribution in [1.29, 1.82) is 0 Å². The van der Waals surface area contributed by atoms with E-state index in [9.17, 15) is 5.11 Å². The maximum absolute atomic E-state index is 9.29. The van der Waals surface area contributed by atoms with Crippen LogP contribution in [0.5, 0.6) is 5.75 Å². The first-order valence-electron chi connectivity index (χ1n) is 4.20. The number of nitrogens with two attached hydrogens (primary N) is 1. The number of hydrogen-bond donors (Lipinski definition) is 2. The molecular weight excluding hydrogens is 164 g/mol. The molecule has 0 saturated carbocycles. The molecule has 1 aromatic carbocycles. The van der Waals surface area contributed by atoms with Crippen molar-refractivity contribution in [1.82, 2.24) is 4.57 Å². The van der Waals surface area contributed by atoms with E-state index < -0.39 is 0 Å². The van der Waals surface area contributed by atoms with E-state index in [-0.39, 0.29) is 5.75 Å². The largest absolute Gasteiger partial charge is 0.508 e. The Morgan fingerprint density at radius 3 is 2.85 bits per heavy atom. The second-order valence-corrected chi connectivity index (χ2v) is 3.14. The summed E-state index contributed by atoms with van der Waals surface area (Å²) in [7, 11) is 1.95. The summed E-state index contributed by atoms with van der Waals surface area (Å²) >= 11 is 0. The molecule has 0 aliphatic carbocycles.